The van der Waals surface area contributed by atoms with Crippen LogP contribution in [0.3, 0.4) is 0 Å². The average Bonchev–Trinajstić information content (AvgIpc) is 3.09. The van der Waals surface area contributed by atoms with Gasteiger partial charge in [-0.05, 0) is 18.2 Å². The first-order valence-electron chi connectivity index (χ1n) is 7.45. The van der Waals surface area contributed by atoms with E-state index in [1.54, 1.807) is 24.4 Å². The Hall–Kier alpha value is -3.61. The van der Waals surface area contributed by atoms with E-state index in [-0.39, 0.29) is 12.2 Å². The maximum absolute atomic E-state index is 12.1. The zero-order chi connectivity index (χ0) is 17.6. The number of hydrogen-bond donors (Lipinski definition) is 2. The van der Waals surface area contributed by atoms with E-state index in [2.05, 4.69) is 10.3 Å². The Bertz CT molecular complexity index is 890. The van der Waals surface area contributed by atoms with Gasteiger partial charge in [0.25, 0.3) is 0 Å². The predicted octanol–water partition coefficient (Wildman–Crippen LogP) is 3.19. The van der Waals surface area contributed by atoms with Crippen molar-refractivity contribution in [2.75, 3.05) is 5.32 Å². The number of urea groups is 1. The van der Waals surface area contributed by atoms with Crippen molar-refractivity contribution in [3.05, 3.63) is 72.2 Å². The van der Waals surface area contributed by atoms with Crippen molar-refractivity contribution in [2.45, 2.75) is 6.61 Å². The lowest BCUT2D eigenvalue weighted by molar-refractivity contribution is 0.0439. The number of carbonyl (C=O) groups is 2. The van der Waals surface area contributed by atoms with Gasteiger partial charge < -0.3 is 20.2 Å². The van der Waals surface area contributed by atoms with Crippen LogP contribution in [0.25, 0.3) is 11.3 Å². The van der Waals surface area contributed by atoms with E-state index >= 15 is 0 Å². The van der Waals surface area contributed by atoms with Gasteiger partial charge in [0.15, 0.2) is 12.4 Å². The summed E-state index contributed by atoms with van der Waals surface area (Å²) in [6.07, 6.45) is 1.58. The molecule has 7 heteroatoms. The van der Waals surface area contributed by atoms with Gasteiger partial charge in [0.2, 0.25) is 5.89 Å². The molecule has 0 radical (unpaired) electrons. The minimum absolute atomic E-state index is 0.0981. The molecule has 7 nitrogen and oxygen atoms in total. The van der Waals surface area contributed by atoms with Crippen LogP contribution in [0.15, 0.2) is 65.2 Å². The summed E-state index contributed by atoms with van der Waals surface area (Å²) in [6.45, 7) is -0.0981. The van der Waals surface area contributed by atoms with Crippen LogP contribution in [0, 0.1) is 0 Å². The lowest BCUT2D eigenvalue weighted by Gasteiger charge is -2.05. The molecule has 1 aromatic heterocycles. The SMILES string of the molecule is NC(=O)Nc1cccc(C(=O)OCc2ncc(-c3ccccc3)o2)c1. The first-order chi connectivity index (χ1) is 12.1. The Labute approximate surface area is 143 Å². The second kappa shape index (κ2) is 7.31. The number of oxazole rings is 1. The van der Waals surface area contributed by atoms with Gasteiger partial charge in [-0.15, -0.1) is 0 Å². The van der Waals surface area contributed by atoms with E-state index in [9.17, 15) is 9.59 Å². The monoisotopic (exact) mass is 337 g/mol. The van der Waals surface area contributed by atoms with Gasteiger partial charge in [-0.3, -0.25) is 0 Å². The van der Waals surface area contributed by atoms with E-state index in [1.807, 2.05) is 30.3 Å². The van der Waals surface area contributed by atoms with Gasteiger partial charge in [-0.25, -0.2) is 14.6 Å². The summed E-state index contributed by atoms with van der Waals surface area (Å²) in [4.78, 5) is 27.0. The summed E-state index contributed by atoms with van der Waals surface area (Å²) in [5.74, 6) is 0.325. The minimum Gasteiger partial charge on any atom is -0.452 e. The molecule has 3 N–H and O–H groups in total. The van der Waals surface area contributed by atoms with Crippen LogP contribution >= 0.6 is 0 Å². The predicted molar refractivity (Wildman–Crippen MR) is 90.7 cm³/mol. The van der Waals surface area contributed by atoms with E-state index in [0.717, 1.165) is 5.56 Å². The Morgan fingerprint density at radius 3 is 2.68 bits per heavy atom. The number of nitrogens with zero attached hydrogens (tertiary/aromatic N) is 1. The van der Waals surface area contributed by atoms with Gasteiger partial charge in [-0.1, -0.05) is 36.4 Å². The minimum atomic E-state index is -0.709. The standard InChI is InChI=1S/C18H15N3O4/c19-18(23)21-14-8-4-7-13(9-14)17(22)24-11-16-20-10-15(25-16)12-5-2-1-3-6-12/h1-10H,11H2,(H3,19,21,23). The average molecular weight is 337 g/mol. The van der Waals surface area contributed by atoms with Crippen LogP contribution in [0.5, 0.6) is 0 Å². The molecular weight excluding hydrogens is 322 g/mol. The van der Waals surface area contributed by atoms with Crippen LogP contribution in [-0.2, 0) is 11.3 Å². The highest BCUT2D eigenvalue weighted by atomic mass is 16.5. The van der Waals surface area contributed by atoms with Gasteiger partial charge in [0, 0.05) is 11.3 Å². The summed E-state index contributed by atoms with van der Waals surface area (Å²) < 4.78 is 10.8. The number of benzene rings is 2. The fourth-order valence-electron chi connectivity index (χ4n) is 2.19. The first-order valence-corrected chi connectivity index (χ1v) is 7.45. The van der Waals surface area contributed by atoms with E-state index in [4.69, 9.17) is 14.9 Å². The zero-order valence-corrected chi connectivity index (χ0v) is 13.1. The van der Waals surface area contributed by atoms with E-state index < -0.39 is 12.0 Å². The molecule has 0 saturated carbocycles. The maximum Gasteiger partial charge on any atom is 0.338 e. The topological polar surface area (TPSA) is 107 Å². The highest BCUT2D eigenvalue weighted by Crippen LogP contribution is 2.20. The van der Waals surface area contributed by atoms with Crippen molar-refractivity contribution in [3.63, 3.8) is 0 Å². The molecule has 0 aliphatic heterocycles. The molecule has 0 aliphatic carbocycles. The van der Waals surface area contributed by atoms with E-state index in [0.29, 0.717) is 17.3 Å². The molecule has 0 atom stereocenters. The molecule has 0 bridgehead atoms. The van der Waals surface area contributed by atoms with Crippen LogP contribution in [0.1, 0.15) is 16.2 Å². The number of primary amides is 1. The fraction of sp³-hybridized carbons (Fsp3) is 0.0556. The zero-order valence-electron chi connectivity index (χ0n) is 13.1. The number of esters is 1. The third-order valence-electron chi connectivity index (χ3n) is 3.30. The molecule has 1 heterocycles. The van der Waals surface area contributed by atoms with Crippen molar-refractivity contribution in [3.8, 4) is 11.3 Å². The number of amides is 2. The number of carbonyl (C=O) groups excluding carboxylic acids is 2. The molecule has 2 aromatic carbocycles. The molecular formula is C18H15N3O4. The third-order valence-corrected chi connectivity index (χ3v) is 3.30. The highest BCUT2D eigenvalue weighted by Gasteiger charge is 2.12. The summed E-state index contributed by atoms with van der Waals surface area (Å²) in [5.41, 5.74) is 6.62. The summed E-state index contributed by atoms with van der Waals surface area (Å²) >= 11 is 0. The summed E-state index contributed by atoms with van der Waals surface area (Å²) in [7, 11) is 0. The number of rotatable bonds is 5. The lowest BCUT2D eigenvalue weighted by atomic mass is 10.2. The summed E-state index contributed by atoms with van der Waals surface area (Å²) in [5, 5.41) is 2.40. The van der Waals surface area contributed by atoms with Gasteiger partial charge in [0.1, 0.15) is 0 Å². The summed E-state index contributed by atoms with van der Waals surface area (Å²) in [6, 6.07) is 15.0. The molecule has 0 unspecified atom stereocenters. The molecule has 0 saturated heterocycles. The number of ether oxygens (including phenoxy) is 1. The van der Waals surface area contributed by atoms with Gasteiger partial charge in [-0.2, -0.15) is 0 Å². The Kier molecular flexibility index (Phi) is 4.75. The van der Waals surface area contributed by atoms with E-state index in [1.165, 1.54) is 6.07 Å². The lowest BCUT2D eigenvalue weighted by Crippen LogP contribution is -2.19. The number of nitrogens with one attached hydrogen (secondary N) is 1. The number of hydrogen-bond acceptors (Lipinski definition) is 5. The quantitative estimate of drug-likeness (QED) is 0.695. The first kappa shape index (κ1) is 16.3. The van der Waals surface area contributed by atoms with Crippen molar-refractivity contribution in [2.24, 2.45) is 5.73 Å². The number of aromatic nitrogens is 1. The van der Waals surface area contributed by atoms with Crippen LogP contribution in [0.2, 0.25) is 0 Å². The van der Waals surface area contributed by atoms with Gasteiger partial charge >= 0.3 is 12.0 Å². The Morgan fingerprint density at radius 2 is 1.92 bits per heavy atom. The Balaban J connectivity index is 1.63. The highest BCUT2D eigenvalue weighted by molar-refractivity contribution is 5.93. The molecule has 25 heavy (non-hydrogen) atoms. The molecule has 0 spiro atoms. The van der Waals surface area contributed by atoms with Crippen molar-refractivity contribution in [1.82, 2.24) is 4.98 Å². The fourth-order valence-corrected chi connectivity index (χ4v) is 2.19. The molecule has 126 valence electrons. The Morgan fingerprint density at radius 1 is 1.12 bits per heavy atom. The molecule has 0 fully saturated rings. The molecule has 3 aromatic rings. The largest absolute Gasteiger partial charge is 0.452 e. The van der Waals surface area contributed by atoms with Crippen molar-refractivity contribution in [1.29, 1.82) is 0 Å². The van der Waals surface area contributed by atoms with Crippen molar-refractivity contribution >= 4 is 17.7 Å². The normalized spacial score (nSPS) is 10.2. The smallest absolute Gasteiger partial charge is 0.338 e. The van der Waals surface area contributed by atoms with Crippen LogP contribution in [0.4, 0.5) is 10.5 Å². The number of nitrogens with two attached hydrogens (primary N) is 1. The van der Waals surface area contributed by atoms with Crippen molar-refractivity contribution < 1.29 is 18.7 Å². The maximum atomic E-state index is 12.1. The van der Waals surface area contributed by atoms with Crippen LogP contribution < -0.4 is 11.1 Å². The number of anilines is 1. The second-order valence-corrected chi connectivity index (χ2v) is 5.13. The van der Waals surface area contributed by atoms with Crippen LogP contribution in [-0.4, -0.2) is 17.0 Å². The molecule has 3 rings (SSSR count). The molecule has 0 aliphatic rings. The second-order valence-electron chi connectivity index (χ2n) is 5.13. The molecule has 2 amide bonds. The van der Waals surface area contributed by atoms with Gasteiger partial charge in [0.05, 0.1) is 11.8 Å². The third kappa shape index (κ3) is 4.23.